The van der Waals surface area contributed by atoms with Crippen molar-refractivity contribution in [3.8, 4) is 0 Å². The van der Waals surface area contributed by atoms with E-state index in [9.17, 15) is 9.59 Å². The minimum Gasteiger partial charge on any atom is -0.371 e. The number of amides is 2. The number of rotatable bonds is 3. The highest BCUT2D eigenvalue weighted by atomic mass is 16.2. The van der Waals surface area contributed by atoms with Crippen molar-refractivity contribution in [3.05, 3.63) is 12.4 Å². The summed E-state index contributed by atoms with van der Waals surface area (Å²) < 4.78 is 0. The number of nitrogens with one attached hydrogen (secondary N) is 2. The van der Waals surface area contributed by atoms with Gasteiger partial charge in [0.05, 0.1) is 18.3 Å². The molecule has 2 aliphatic rings. The van der Waals surface area contributed by atoms with Gasteiger partial charge in [-0.3, -0.25) is 19.6 Å². The summed E-state index contributed by atoms with van der Waals surface area (Å²) in [6.07, 6.45) is 8.89. The topological polar surface area (TPSA) is 78.1 Å². The predicted octanol–water partition coefficient (Wildman–Crippen LogP) is 1.28. The van der Waals surface area contributed by atoms with E-state index in [0.29, 0.717) is 0 Å². The highest BCUT2D eigenvalue weighted by Gasteiger charge is 2.42. The molecule has 1 atom stereocenters. The molecule has 1 unspecified atom stereocenters. The Kier molecular flexibility index (Phi) is 3.23. The second kappa shape index (κ2) is 5.03. The summed E-state index contributed by atoms with van der Waals surface area (Å²) >= 11 is 0. The second-order valence-corrected chi connectivity index (χ2v) is 5.28. The van der Waals surface area contributed by atoms with Crippen LogP contribution in [-0.2, 0) is 9.59 Å². The smallest absolute Gasteiger partial charge is 0.252 e. The third-order valence-electron chi connectivity index (χ3n) is 3.96. The Balaban J connectivity index is 1.69. The maximum Gasteiger partial charge on any atom is 0.252 e. The highest BCUT2D eigenvalue weighted by Crippen LogP contribution is 2.28. The molecular weight excluding hydrogens is 244 g/mol. The number of nitrogens with zero attached hydrogens (tertiary/aromatic N) is 2. The summed E-state index contributed by atoms with van der Waals surface area (Å²) in [5.74, 6) is -0.129. The first-order chi connectivity index (χ1) is 9.25. The predicted molar refractivity (Wildman–Crippen MR) is 69.3 cm³/mol. The highest BCUT2D eigenvalue weighted by molar-refractivity contribution is 6.07. The standard InChI is InChI=1S/C13H18N4O2/c18-12-6-11(16-9-7-14-15-8-9)13(19)17(12)10-4-2-1-3-5-10/h7-8,10-11,16H,1-6H2,(H,14,15). The van der Waals surface area contributed by atoms with Gasteiger partial charge >= 0.3 is 0 Å². The molecule has 1 aromatic heterocycles. The zero-order chi connectivity index (χ0) is 13.2. The number of hydrogen-bond acceptors (Lipinski definition) is 4. The van der Waals surface area contributed by atoms with Crippen LogP contribution in [0.1, 0.15) is 38.5 Å². The van der Waals surface area contributed by atoms with Crippen LogP contribution in [0.15, 0.2) is 12.4 Å². The quantitative estimate of drug-likeness (QED) is 0.804. The van der Waals surface area contributed by atoms with Gasteiger partial charge in [0.1, 0.15) is 6.04 Å². The van der Waals surface area contributed by atoms with Gasteiger partial charge < -0.3 is 5.32 Å². The number of likely N-dealkylation sites (tertiary alicyclic amines) is 1. The van der Waals surface area contributed by atoms with Gasteiger partial charge in [0.2, 0.25) is 5.91 Å². The minimum absolute atomic E-state index is 0.0436. The second-order valence-electron chi connectivity index (χ2n) is 5.28. The van der Waals surface area contributed by atoms with Crippen LogP contribution in [0.2, 0.25) is 0 Å². The molecule has 1 aromatic rings. The normalized spacial score (nSPS) is 25.1. The number of carbonyl (C=O) groups excluding carboxylic acids is 2. The van der Waals surface area contributed by atoms with Crippen molar-refractivity contribution in [1.82, 2.24) is 15.1 Å². The zero-order valence-corrected chi connectivity index (χ0v) is 10.8. The molecule has 102 valence electrons. The van der Waals surface area contributed by atoms with Crippen molar-refractivity contribution in [2.24, 2.45) is 0 Å². The Labute approximate surface area is 111 Å². The largest absolute Gasteiger partial charge is 0.371 e. The number of imide groups is 1. The number of aromatic nitrogens is 2. The third-order valence-corrected chi connectivity index (χ3v) is 3.96. The molecule has 2 amide bonds. The first kappa shape index (κ1) is 12.2. The molecule has 6 heteroatoms. The molecule has 0 bridgehead atoms. The molecule has 2 heterocycles. The summed E-state index contributed by atoms with van der Waals surface area (Å²) in [6.45, 7) is 0. The maximum atomic E-state index is 12.4. The molecule has 0 spiro atoms. The molecule has 0 radical (unpaired) electrons. The summed E-state index contributed by atoms with van der Waals surface area (Å²) in [5, 5.41) is 9.57. The van der Waals surface area contributed by atoms with Crippen LogP contribution in [0.25, 0.3) is 0 Å². The molecule has 1 aliphatic carbocycles. The fourth-order valence-corrected chi connectivity index (χ4v) is 3.02. The van der Waals surface area contributed by atoms with E-state index in [1.807, 2.05) is 0 Å². The van der Waals surface area contributed by atoms with Crippen molar-refractivity contribution < 1.29 is 9.59 Å². The van der Waals surface area contributed by atoms with Crippen molar-refractivity contribution >= 4 is 17.5 Å². The van der Waals surface area contributed by atoms with Gasteiger partial charge in [0.15, 0.2) is 0 Å². The van der Waals surface area contributed by atoms with Gasteiger partial charge in [-0.25, -0.2) is 0 Å². The summed E-state index contributed by atoms with van der Waals surface area (Å²) in [4.78, 5) is 25.9. The average molecular weight is 262 g/mol. The van der Waals surface area contributed by atoms with Crippen LogP contribution >= 0.6 is 0 Å². The SMILES string of the molecule is O=C1CC(Nc2cn[nH]c2)C(=O)N1C1CCCCC1. The molecule has 2 N–H and O–H groups in total. The molecule has 1 saturated heterocycles. The number of H-pyrrole nitrogens is 1. The summed E-state index contributed by atoms with van der Waals surface area (Å²) in [7, 11) is 0. The van der Waals surface area contributed by atoms with Gasteiger partial charge in [0, 0.05) is 12.2 Å². The van der Waals surface area contributed by atoms with Gasteiger partial charge in [-0.1, -0.05) is 19.3 Å². The van der Waals surface area contributed by atoms with E-state index in [-0.39, 0.29) is 24.3 Å². The Bertz CT molecular complexity index is 465. The lowest BCUT2D eigenvalue weighted by molar-refractivity contribution is -0.141. The Morgan fingerprint density at radius 2 is 2.05 bits per heavy atom. The van der Waals surface area contributed by atoms with Crippen LogP contribution in [0.5, 0.6) is 0 Å². The molecule has 2 fully saturated rings. The molecule has 1 aliphatic heterocycles. The molecule has 19 heavy (non-hydrogen) atoms. The van der Waals surface area contributed by atoms with E-state index in [1.54, 1.807) is 12.4 Å². The van der Waals surface area contributed by atoms with E-state index in [1.165, 1.54) is 11.3 Å². The molecular formula is C13H18N4O2. The number of hydrogen-bond donors (Lipinski definition) is 2. The Morgan fingerprint density at radius 1 is 1.26 bits per heavy atom. The van der Waals surface area contributed by atoms with Gasteiger partial charge in [-0.15, -0.1) is 0 Å². The fraction of sp³-hybridized carbons (Fsp3) is 0.615. The van der Waals surface area contributed by atoms with Crippen molar-refractivity contribution in [3.63, 3.8) is 0 Å². The summed E-state index contributed by atoms with van der Waals surface area (Å²) in [6, 6.07) is -0.322. The van der Waals surface area contributed by atoms with Crippen molar-refractivity contribution in [1.29, 1.82) is 0 Å². The van der Waals surface area contributed by atoms with Gasteiger partial charge in [-0.2, -0.15) is 5.10 Å². The van der Waals surface area contributed by atoms with Gasteiger partial charge in [-0.05, 0) is 12.8 Å². The van der Waals surface area contributed by atoms with Crippen molar-refractivity contribution in [2.75, 3.05) is 5.32 Å². The number of anilines is 1. The van der Waals surface area contributed by atoms with Crippen LogP contribution in [0, 0.1) is 0 Å². The van der Waals surface area contributed by atoms with Crippen LogP contribution in [0.4, 0.5) is 5.69 Å². The van der Waals surface area contributed by atoms with E-state index in [0.717, 1.165) is 31.4 Å². The van der Waals surface area contributed by atoms with Crippen LogP contribution in [0.3, 0.4) is 0 Å². The molecule has 6 nitrogen and oxygen atoms in total. The maximum absolute atomic E-state index is 12.4. The average Bonchev–Trinajstić information content (AvgIpc) is 3.01. The lowest BCUT2D eigenvalue weighted by Gasteiger charge is -2.29. The van der Waals surface area contributed by atoms with Crippen LogP contribution < -0.4 is 5.32 Å². The van der Waals surface area contributed by atoms with E-state index < -0.39 is 6.04 Å². The molecule has 3 rings (SSSR count). The lowest BCUT2D eigenvalue weighted by atomic mass is 9.94. The van der Waals surface area contributed by atoms with Gasteiger partial charge in [0.25, 0.3) is 5.91 Å². The number of carbonyl (C=O) groups is 2. The van der Waals surface area contributed by atoms with E-state index in [2.05, 4.69) is 15.5 Å². The first-order valence-electron chi connectivity index (χ1n) is 6.87. The Hall–Kier alpha value is -1.85. The number of aromatic amines is 1. The summed E-state index contributed by atoms with van der Waals surface area (Å²) in [5.41, 5.74) is 0.747. The Morgan fingerprint density at radius 3 is 2.74 bits per heavy atom. The fourth-order valence-electron chi connectivity index (χ4n) is 3.02. The lowest BCUT2D eigenvalue weighted by Crippen LogP contribution is -2.43. The zero-order valence-electron chi connectivity index (χ0n) is 10.8. The van der Waals surface area contributed by atoms with E-state index in [4.69, 9.17) is 0 Å². The monoisotopic (exact) mass is 262 g/mol. The van der Waals surface area contributed by atoms with Crippen LogP contribution in [-0.4, -0.2) is 39.0 Å². The minimum atomic E-state index is -0.438. The van der Waals surface area contributed by atoms with E-state index >= 15 is 0 Å². The molecule has 0 aromatic carbocycles. The molecule has 1 saturated carbocycles. The third kappa shape index (κ3) is 2.34. The first-order valence-corrected chi connectivity index (χ1v) is 6.87. The van der Waals surface area contributed by atoms with Crippen molar-refractivity contribution in [2.45, 2.75) is 50.6 Å².